The van der Waals surface area contributed by atoms with Gasteiger partial charge in [-0.1, -0.05) is 66.2 Å². The normalized spacial score (nSPS) is 11.7. The number of amides is 3. The van der Waals surface area contributed by atoms with E-state index in [9.17, 15) is 14.4 Å². The van der Waals surface area contributed by atoms with Gasteiger partial charge in [0.05, 0.1) is 12.8 Å². The average Bonchev–Trinajstić information content (AvgIpc) is 3.09. The molecule has 5 aromatic rings. The molecule has 0 fully saturated rings. The standard InChI is InChI=1S/C36H29ClN4O4S/c1-45-32-19-14-27(37)22-30(32)40-36(44)33(25-10-4-2-5-11-25)46-29-17-15-28(16-18-29)39-35(43)31(21-24-9-8-20-38-23-24)41-34(42)26-12-6-3-7-13-26/h2-23,33H,1H3,(H,39,43)(H,40,44)(H,41,42)/b31-21-. The maximum absolute atomic E-state index is 13.6. The monoisotopic (exact) mass is 648 g/mol. The number of thioether (sulfide) groups is 1. The Kier molecular flexibility index (Phi) is 10.8. The van der Waals surface area contributed by atoms with E-state index in [1.807, 2.05) is 48.5 Å². The molecule has 1 unspecified atom stereocenters. The summed E-state index contributed by atoms with van der Waals surface area (Å²) < 4.78 is 5.40. The number of aromatic nitrogens is 1. The third kappa shape index (κ3) is 8.62. The van der Waals surface area contributed by atoms with E-state index in [1.165, 1.54) is 18.9 Å². The van der Waals surface area contributed by atoms with Crippen LogP contribution in [0.3, 0.4) is 0 Å². The number of ether oxygens (including phenoxy) is 1. The molecule has 0 saturated heterocycles. The van der Waals surface area contributed by atoms with Gasteiger partial charge in [0.1, 0.15) is 16.7 Å². The van der Waals surface area contributed by atoms with Crippen LogP contribution in [0.5, 0.6) is 5.75 Å². The lowest BCUT2D eigenvalue weighted by molar-refractivity contribution is -0.116. The molecule has 4 aromatic carbocycles. The first kappa shape index (κ1) is 32.0. The van der Waals surface area contributed by atoms with E-state index >= 15 is 0 Å². The molecule has 10 heteroatoms. The smallest absolute Gasteiger partial charge is 0.272 e. The molecule has 46 heavy (non-hydrogen) atoms. The SMILES string of the molecule is COc1ccc(Cl)cc1NC(=O)C(Sc1ccc(NC(=O)/C(=C/c2cccnc2)NC(=O)c2ccccc2)cc1)c1ccccc1. The largest absolute Gasteiger partial charge is 0.495 e. The van der Waals surface area contributed by atoms with Crippen molar-refractivity contribution in [1.82, 2.24) is 10.3 Å². The molecule has 0 spiro atoms. The highest BCUT2D eigenvalue weighted by molar-refractivity contribution is 8.00. The summed E-state index contributed by atoms with van der Waals surface area (Å²) in [5, 5.41) is 8.38. The van der Waals surface area contributed by atoms with Crippen molar-refractivity contribution in [2.24, 2.45) is 0 Å². The first-order valence-corrected chi connectivity index (χ1v) is 15.4. The lowest BCUT2D eigenvalue weighted by Gasteiger charge is -2.18. The van der Waals surface area contributed by atoms with Gasteiger partial charge in [-0.05, 0) is 77.9 Å². The molecule has 3 N–H and O–H groups in total. The van der Waals surface area contributed by atoms with Gasteiger partial charge in [-0.25, -0.2) is 0 Å². The molecule has 230 valence electrons. The number of halogens is 1. The van der Waals surface area contributed by atoms with Crippen LogP contribution in [0.4, 0.5) is 11.4 Å². The predicted octanol–water partition coefficient (Wildman–Crippen LogP) is 7.63. The van der Waals surface area contributed by atoms with Crippen LogP contribution in [0.1, 0.15) is 26.7 Å². The number of nitrogens with one attached hydrogen (secondary N) is 3. The fraction of sp³-hybridized carbons (Fsp3) is 0.0556. The van der Waals surface area contributed by atoms with Crippen LogP contribution in [0.15, 0.2) is 138 Å². The Morgan fingerprint density at radius 2 is 1.57 bits per heavy atom. The fourth-order valence-electron chi connectivity index (χ4n) is 4.40. The first-order chi connectivity index (χ1) is 22.4. The molecule has 0 aliphatic carbocycles. The molecule has 8 nitrogen and oxygen atoms in total. The highest BCUT2D eigenvalue weighted by Gasteiger charge is 2.24. The summed E-state index contributed by atoms with van der Waals surface area (Å²) >= 11 is 7.53. The third-order valence-corrected chi connectivity index (χ3v) is 8.15. The van der Waals surface area contributed by atoms with Crippen molar-refractivity contribution in [2.75, 3.05) is 17.7 Å². The second-order valence-corrected chi connectivity index (χ2v) is 11.5. The van der Waals surface area contributed by atoms with Gasteiger partial charge < -0.3 is 20.7 Å². The number of hydrogen-bond acceptors (Lipinski definition) is 6. The minimum atomic E-state index is -0.604. The maximum atomic E-state index is 13.6. The summed E-state index contributed by atoms with van der Waals surface area (Å²) in [5.74, 6) is -0.691. The van der Waals surface area contributed by atoms with Gasteiger partial charge in [-0.2, -0.15) is 0 Å². The Balaban J connectivity index is 1.33. The van der Waals surface area contributed by atoms with E-state index in [-0.39, 0.29) is 11.6 Å². The third-order valence-electron chi connectivity index (χ3n) is 6.65. The zero-order valence-electron chi connectivity index (χ0n) is 24.6. The van der Waals surface area contributed by atoms with Crippen molar-refractivity contribution in [3.63, 3.8) is 0 Å². The number of benzene rings is 4. The Bertz CT molecular complexity index is 1840. The van der Waals surface area contributed by atoms with Gasteiger partial charge in [-0.15, -0.1) is 11.8 Å². The molecular formula is C36H29ClN4O4S. The van der Waals surface area contributed by atoms with Crippen LogP contribution in [-0.2, 0) is 9.59 Å². The minimum Gasteiger partial charge on any atom is -0.495 e. The summed E-state index contributed by atoms with van der Waals surface area (Å²) in [6, 6.07) is 33.7. The van der Waals surface area contributed by atoms with Gasteiger partial charge in [0.25, 0.3) is 11.8 Å². The predicted molar refractivity (Wildman–Crippen MR) is 183 cm³/mol. The van der Waals surface area contributed by atoms with Crippen molar-refractivity contribution >= 4 is 58.5 Å². The Hall–Kier alpha value is -5.38. The number of carbonyl (C=O) groups is 3. The molecule has 0 aliphatic rings. The van der Waals surface area contributed by atoms with Crippen molar-refractivity contribution in [3.8, 4) is 5.75 Å². The second kappa shape index (κ2) is 15.6. The van der Waals surface area contributed by atoms with Gasteiger partial charge >= 0.3 is 0 Å². The zero-order chi connectivity index (χ0) is 32.3. The van der Waals surface area contributed by atoms with Gasteiger partial charge in [0, 0.05) is 33.6 Å². The van der Waals surface area contributed by atoms with Gasteiger partial charge in [0.15, 0.2) is 0 Å². The molecule has 1 atom stereocenters. The summed E-state index contributed by atoms with van der Waals surface area (Å²) in [7, 11) is 1.53. The molecule has 1 aromatic heterocycles. The molecule has 0 aliphatic heterocycles. The Labute approximate surface area is 275 Å². The van der Waals surface area contributed by atoms with Crippen LogP contribution in [0.25, 0.3) is 6.08 Å². The van der Waals surface area contributed by atoms with Crippen LogP contribution < -0.4 is 20.7 Å². The van der Waals surface area contributed by atoms with Crippen LogP contribution >= 0.6 is 23.4 Å². The molecule has 5 rings (SSSR count). The van der Waals surface area contributed by atoms with Crippen molar-refractivity contribution in [3.05, 3.63) is 155 Å². The van der Waals surface area contributed by atoms with E-state index in [4.69, 9.17) is 16.3 Å². The molecule has 3 amide bonds. The highest BCUT2D eigenvalue weighted by Crippen LogP contribution is 2.38. The molecular weight excluding hydrogens is 620 g/mol. The highest BCUT2D eigenvalue weighted by atomic mass is 35.5. The number of carbonyl (C=O) groups excluding carboxylic acids is 3. The minimum absolute atomic E-state index is 0.0533. The number of hydrogen-bond donors (Lipinski definition) is 3. The van der Waals surface area contributed by atoms with Crippen LogP contribution in [-0.4, -0.2) is 29.8 Å². The molecule has 0 bridgehead atoms. The molecule has 1 heterocycles. The summed E-state index contributed by atoms with van der Waals surface area (Å²) in [6.07, 6.45) is 4.78. The zero-order valence-corrected chi connectivity index (χ0v) is 26.2. The lowest BCUT2D eigenvalue weighted by Crippen LogP contribution is -2.30. The number of nitrogens with zero attached hydrogens (tertiary/aromatic N) is 1. The average molecular weight is 649 g/mol. The Morgan fingerprint density at radius 1 is 0.848 bits per heavy atom. The van der Waals surface area contributed by atoms with Crippen LogP contribution in [0, 0.1) is 0 Å². The summed E-state index contributed by atoms with van der Waals surface area (Å²) in [5.41, 5.74) is 2.90. The second-order valence-electron chi connectivity index (χ2n) is 9.89. The van der Waals surface area contributed by atoms with Gasteiger partial charge in [0.2, 0.25) is 5.91 Å². The van der Waals surface area contributed by atoms with E-state index < -0.39 is 17.1 Å². The number of rotatable bonds is 11. The van der Waals surface area contributed by atoms with E-state index in [0.717, 1.165) is 10.5 Å². The number of methoxy groups -OCH3 is 1. The quantitative estimate of drug-likeness (QED) is 0.100. The van der Waals surface area contributed by atoms with Gasteiger partial charge in [-0.3, -0.25) is 19.4 Å². The van der Waals surface area contributed by atoms with Crippen molar-refractivity contribution in [1.29, 1.82) is 0 Å². The van der Waals surface area contributed by atoms with E-state index in [2.05, 4.69) is 20.9 Å². The van der Waals surface area contributed by atoms with Crippen molar-refractivity contribution < 1.29 is 19.1 Å². The molecule has 0 radical (unpaired) electrons. The lowest BCUT2D eigenvalue weighted by atomic mass is 10.1. The summed E-state index contributed by atoms with van der Waals surface area (Å²) in [4.78, 5) is 44.7. The topological polar surface area (TPSA) is 109 Å². The van der Waals surface area contributed by atoms with E-state index in [0.29, 0.717) is 33.3 Å². The first-order valence-electron chi connectivity index (χ1n) is 14.1. The maximum Gasteiger partial charge on any atom is 0.272 e. The number of anilines is 2. The van der Waals surface area contributed by atoms with Crippen LogP contribution in [0.2, 0.25) is 5.02 Å². The van der Waals surface area contributed by atoms with E-state index in [1.54, 1.807) is 85.2 Å². The fourth-order valence-corrected chi connectivity index (χ4v) is 5.60. The molecule has 0 saturated carbocycles. The number of pyridine rings is 1. The van der Waals surface area contributed by atoms with Crippen molar-refractivity contribution in [2.45, 2.75) is 10.1 Å². The summed E-state index contributed by atoms with van der Waals surface area (Å²) in [6.45, 7) is 0. The Morgan fingerprint density at radius 3 is 2.24 bits per heavy atom.